The Morgan fingerprint density at radius 1 is 1.50 bits per heavy atom. The van der Waals surface area contributed by atoms with Crippen molar-refractivity contribution in [3.8, 4) is 0 Å². The van der Waals surface area contributed by atoms with Gasteiger partial charge in [0.05, 0.1) is 0 Å². The van der Waals surface area contributed by atoms with Crippen LogP contribution in [0.4, 0.5) is 5.82 Å². The molecule has 5 heteroatoms. The van der Waals surface area contributed by atoms with Gasteiger partial charge in [-0.25, -0.2) is 9.97 Å². The van der Waals surface area contributed by atoms with Crippen LogP contribution < -0.4 is 11.1 Å². The average Bonchev–Trinajstić information content (AvgIpc) is 2.69. The zero-order valence-electron chi connectivity index (χ0n) is 7.94. The molecule has 3 N–H and O–H groups in total. The molecule has 1 aromatic rings. The highest BCUT2D eigenvalue weighted by Gasteiger charge is 2.14. The number of nitrogens with two attached hydrogens (primary N) is 1. The number of rotatable bonds is 3. The second kappa shape index (κ2) is 4.61. The van der Waals surface area contributed by atoms with Crippen LogP contribution in [0.25, 0.3) is 0 Å². The van der Waals surface area contributed by atoms with Gasteiger partial charge in [-0.3, -0.25) is 0 Å². The standard InChI is InChI=1S/C9H14N4S/c10-8-9(13-5-4-12-8)14-6-7-2-1-3-11-7/h4-5,7,11H,1-3,6H2,(H2,10,12)/t7-/m0/s1. The van der Waals surface area contributed by atoms with Crippen molar-refractivity contribution in [1.82, 2.24) is 15.3 Å². The van der Waals surface area contributed by atoms with Gasteiger partial charge >= 0.3 is 0 Å². The van der Waals surface area contributed by atoms with Crippen molar-refractivity contribution in [3.05, 3.63) is 12.4 Å². The van der Waals surface area contributed by atoms with E-state index in [1.54, 1.807) is 24.2 Å². The van der Waals surface area contributed by atoms with Crippen LogP contribution in [-0.2, 0) is 0 Å². The van der Waals surface area contributed by atoms with Gasteiger partial charge in [-0.15, -0.1) is 11.8 Å². The molecule has 1 fully saturated rings. The lowest BCUT2D eigenvalue weighted by molar-refractivity contribution is 0.673. The highest BCUT2D eigenvalue weighted by Crippen LogP contribution is 2.22. The zero-order chi connectivity index (χ0) is 9.80. The van der Waals surface area contributed by atoms with Crippen molar-refractivity contribution >= 4 is 17.6 Å². The summed E-state index contributed by atoms with van der Waals surface area (Å²) in [5.41, 5.74) is 5.69. The highest BCUT2D eigenvalue weighted by atomic mass is 32.2. The van der Waals surface area contributed by atoms with E-state index in [-0.39, 0.29) is 0 Å². The third-order valence-corrected chi connectivity index (χ3v) is 3.43. The van der Waals surface area contributed by atoms with E-state index in [0.29, 0.717) is 11.9 Å². The first-order valence-electron chi connectivity index (χ1n) is 4.79. The van der Waals surface area contributed by atoms with Crippen molar-refractivity contribution in [2.75, 3.05) is 18.0 Å². The van der Waals surface area contributed by atoms with E-state index in [1.807, 2.05) is 0 Å². The van der Waals surface area contributed by atoms with Crippen LogP contribution in [0.15, 0.2) is 17.4 Å². The van der Waals surface area contributed by atoms with Gasteiger partial charge in [0, 0.05) is 24.2 Å². The molecule has 1 saturated heterocycles. The summed E-state index contributed by atoms with van der Waals surface area (Å²) < 4.78 is 0. The summed E-state index contributed by atoms with van der Waals surface area (Å²) in [5, 5.41) is 4.28. The maximum atomic E-state index is 5.69. The minimum atomic E-state index is 0.537. The molecule has 1 aromatic heterocycles. The predicted octanol–water partition coefficient (Wildman–Crippen LogP) is 0.903. The summed E-state index contributed by atoms with van der Waals surface area (Å²) in [7, 11) is 0. The third-order valence-electron chi connectivity index (χ3n) is 2.27. The fourth-order valence-corrected chi connectivity index (χ4v) is 2.51. The molecule has 4 nitrogen and oxygen atoms in total. The van der Waals surface area contributed by atoms with Crippen LogP contribution in [0.3, 0.4) is 0 Å². The fourth-order valence-electron chi connectivity index (χ4n) is 1.53. The molecular weight excluding hydrogens is 196 g/mol. The Balaban J connectivity index is 1.88. The second-order valence-electron chi connectivity index (χ2n) is 3.35. The van der Waals surface area contributed by atoms with Crippen molar-refractivity contribution in [2.45, 2.75) is 23.9 Å². The van der Waals surface area contributed by atoms with Gasteiger partial charge in [-0.05, 0) is 19.4 Å². The molecule has 0 bridgehead atoms. The van der Waals surface area contributed by atoms with E-state index in [2.05, 4.69) is 15.3 Å². The molecule has 1 aliphatic rings. The van der Waals surface area contributed by atoms with Gasteiger partial charge in [0.2, 0.25) is 0 Å². The Morgan fingerprint density at radius 2 is 2.36 bits per heavy atom. The molecule has 0 radical (unpaired) electrons. The Labute approximate surface area is 87.7 Å². The van der Waals surface area contributed by atoms with Crippen molar-refractivity contribution in [3.63, 3.8) is 0 Å². The lowest BCUT2D eigenvalue weighted by Gasteiger charge is -2.09. The van der Waals surface area contributed by atoms with Crippen LogP contribution in [0.2, 0.25) is 0 Å². The smallest absolute Gasteiger partial charge is 0.156 e. The number of nitrogens with zero attached hydrogens (tertiary/aromatic N) is 2. The molecule has 76 valence electrons. The first kappa shape index (κ1) is 9.73. The predicted molar refractivity (Wildman–Crippen MR) is 58.2 cm³/mol. The van der Waals surface area contributed by atoms with Gasteiger partial charge in [0.15, 0.2) is 5.82 Å². The van der Waals surface area contributed by atoms with Gasteiger partial charge in [0.25, 0.3) is 0 Å². The number of nitrogens with one attached hydrogen (secondary N) is 1. The maximum absolute atomic E-state index is 5.69. The normalized spacial score (nSPS) is 21.3. The SMILES string of the molecule is Nc1nccnc1SC[C@@H]1CCCN1. The van der Waals surface area contributed by atoms with E-state index in [9.17, 15) is 0 Å². The van der Waals surface area contributed by atoms with Crippen LogP contribution in [-0.4, -0.2) is 28.3 Å². The molecule has 14 heavy (non-hydrogen) atoms. The number of thioether (sulfide) groups is 1. The van der Waals surface area contributed by atoms with Crippen molar-refractivity contribution in [1.29, 1.82) is 0 Å². The Bertz CT molecular complexity index is 299. The molecule has 1 atom stereocenters. The lowest BCUT2D eigenvalue weighted by Crippen LogP contribution is -2.23. The van der Waals surface area contributed by atoms with Crippen LogP contribution in [0.1, 0.15) is 12.8 Å². The summed E-state index contributed by atoms with van der Waals surface area (Å²) in [6.07, 6.45) is 5.84. The fraction of sp³-hybridized carbons (Fsp3) is 0.556. The Morgan fingerprint density at radius 3 is 3.07 bits per heavy atom. The van der Waals surface area contributed by atoms with Crippen LogP contribution in [0.5, 0.6) is 0 Å². The monoisotopic (exact) mass is 210 g/mol. The zero-order valence-corrected chi connectivity index (χ0v) is 8.76. The number of anilines is 1. The second-order valence-corrected chi connectivity index (χ2v) is 4.36. The molecule has 0 unspecified atom stereocenters. The molecular formula is C9H14N4S. The minimum absolute atomic E-state index is 0.537. The quantitative estimate of drug-likeness (QED) is 0.726. The van der Waals surface area contributed by atoms with E-state index in [0.717, 1.165) is 17.3 Å². The number of aromatic nitrogens is 2. The lowest BCUT2D eigenvalue weighted by atomic mass is 10.3. The Kier molecular flexibility index (Phi) is 3.21. The number of hydrogen-bond donors (Lipinski definition) is 2. The van der Waals surface area contributed by atoms with E-state index in [4.69, 9.17) is 5.73 Å². The molecule has 0 spiro atoms. The van der Waals surface area contributed by atoms with Crippen molar-refractivity contribution < 1.29 is 0 Å². The van der Waals surface area contributed by atoms with Gasteiger partial charge in [-0.1, -0.05) is 0 Å². The molecule has 1 aliphatic heterocycles. The molecule has 0 aromatic carbocycles. The summed E-state index contributed by atoms with van der Waals surface area (Å²) in [6.45, 7) is 1.14. The topological polar surface area (TPSA) is 63.8 Å². The van der Waals surface area contributed by atoms with Gasteiger partial charge in [-0.2, -0.15) is 0 Å². The summed E-state index contributed by atoms with van der Waals surface area (Å²) in [4.78, 5) is 8.19. The van der Waals surface area contributed by atoms with Gasteiger partial charge < -0.3 is 11.1 Å². The summed E-state index contributed by atoms with van der Waals surface area (Å²) in [5.74, 6) is 1.57. The molecule has 2 heterocycles. The van der Waals surface area contributed by atoms with E-state index < -0.39 is 0 Å². The maximum Gasteiger partial charge on any atom is 0.156 e. The third kappa shape index (κ3) is 2.36. The molecule has 0 aliphatic carbocycles. The molecule has 0 saturated carbocycles. The molecule has 2 rings (SSSR count). The van der Waals surface area contributed by atoms with Crippen LogP contribution in [0, 0.1) is 0 Å². The summed E-state index contributed by atoms with van der Waals surface area (Å²) in [6, 6.07) is 0.612. The highest BCUT2D eigenvalue weighted by molar-refractivity contribution is 7.99. The number of hydrogen-bond acceptors (Lipinski definition) is 5. The largest absolute Gasteiger partial charge is 0.381 e. The average molecular weight is 210 g/mol. The summed E-state index contributed by atoms with van der Waals surface area (Å²) >= 11 is 1.68. The van der Waals surface area contributed by atoms with E-state index in [1.165, 1.54) is 12.8 Å². The first-order chi connectivity index (χ1) is 6.86. The molecule has 0 amide bonds. The van der Waals surface area contributed by atoms with Crippen molar-refractivity contribution in [2.24, 2.45) is 0 Å². The first-order valence-corrected chi connectivity index (χ1v) is 5.77. The van der Waals surface area contributed by atoms with Gasteiger partial charge in [0.1, 0.15) is 5.03 Å². The Hall–Kier alpha value is -0.810. The van der Waals surface area contributed by atoms with E-state index >= 15 is 0 Å². The number of nitrogen functional groups attached to an aromatic ring is 1. The minimum Gasteiger partial charge on any atom is -0.381 e. The van der Waals surface area contributed by atoms with Crippen LogP contribution >= 0.6 is 11.8 Å².